The van der Waals surface area contributed by atoms with Crippen molar-refractivity contribution in [3.05, 3.63) is 88.5 Å². The van der Waals surface area contributed by atoms with Gasteiger partial charge in [0.05, 0.1) is 23.2 Å². The summed E-state index contributed by atoms with van der Waals surface area (Å²) in [4.78, 5) is 34.6. The Morgan fingerprint density at radius 2 is 1.72 bits per heavy atom. The molecule has 4 aromatic rings. The lowest BCUT2D eigenvalue weighted by atomic mass is 9.82. The van der Waals surface area contributed by atoms with Gasteiger partial charge >= 0.3 is 0 Å². The summed E-state index contributed by atoms with van der Waals surface area (Å²) in [5.74, 6) is 0.920. The SMILES string of the molecule is Cc1ccnc(CN2C(=O)c3cccc(c3)S(=O)(=O)Nc3nc(c(C)c(-c4c(C)cccc4CC4CCCCC4)n3)OC[C@H]2CC(C)(C)C)n1. The molecule has 1 N–H and O–H groups in total. The van der Waals surface area contributed by atoms with Gasteiger partial charge in [0.15, 0.2) is 0 Å². The van der Waals surface area contributed by atoms with Crippen molar-refractivity contribution in [2.45, 2.75) is 104 Å². The number of rotatable bonds is 6. The number of carbonyl (C=O) groups excluding carboxylic acids is 1. The predicted molar refractivity (Wildman–Crippen MR) is 194 cm³/mol. The Morgan fingerprint density at radius 3 is 2.46 bits per heavy atom. The first-order valence-electron chi connectivity index (χ1n) is 17.6. The maximum Gasteiger partial charge on any atom is 0.264 e. The number of nitrogens with one attached hydrogen (secondary N) is 1. The molecular weight excluding hydrogens is 649 g/mol. The number of aryl methyl sites for hydroxylation is 2. The fourth-order valence-corrected chi connectivity index (χ4v) is 8.23. The lowest BCUT2D eigenvalue weighted by Crippen LogP contribution is -2.45. The summed E-state index contributed by atoms with van der Waals surface area (Å²) in [5.41, 5.74) is 5.38. The average Bonchev–Trinajstić information content (AvgIpc) is 3.06. The Labute approximate surface area is 296 Å². The number of aromatic nitrogens is 4. The van der Waals surface area contributed by atoms with Crippen LogP contribution in [0.25, 0.3) is 11.3 Å². The van der Waals surface area contributed by atoms with Gasteiger partial charge < -0.3 is 9.64 Å². The number of sulfonamides is 1. The summed E-state index contributed by atoms with van der Waals surface area (Å²) in [7, 11) is -4.19. The molecule has 0 saturated heterocycles. The highest BCUT2D eigenvalue weighted by Gasteiger charge is 2.33. The Hall–Kier alpha value is -4.38. The summed E-state index contributed by atoms with van der Waals surface area (Å²) in [6, 6.07) is 13.8. The number of hydrogen-bond donors (Lipinski definition) is 1. The summed E-state index contributed by atoms with van der Waals surface area (Å²) in [5, 5.41) is 0. The zero-order chi connectivity index (χ0) is 35.6. The molecule has 1 saturated carbocycles. The molecule has 1 fully saturated rings. The minimum Gasteiger partial charge on any atom is -0.475 e. The molecule has 0 radical (unpaired) electrons. The standard InChI is InChI=1S/C39H48N6O4S/c1-25-12-10-15-29(20-28-13-8-7-9-14-28)34(25)35-27(3)36-43-38(42-35)44-50(47,48)32-17-11-16-30(21-32)37(46)45(23-33-40-19-18-26(2)41-33)31(24-49-36)22-39(4,5)6/h10-12,15-19,21,28,31H,7-9,13-14,20,22-24H2,1-6H3,(H,42,43,44)/t31-/m1/s1. The van der Waals surface area contributed by atoms with Gasteiger partial charge in [-0.25, -0.2) is 28.1 Å². The van der Waals surface area contributed by atoms with Crippen molar-refractivity contribution >= 4 is 21.9 Å². The molecule has 6 rings (SSSR count). The number of amides is 1. The summed E-state index contributed by atoms with van der Waals surface area (Å²) in [6.07, 6.45) is 9.37. The van der Waals surface area contributed by atoms with Crippen LogP contribution in [-0.2, 0) is 23.0 Å². The van der Waals surface area contributed by atoms with Crippen LogP contribution in [0.2, 0.25) is 0 Å². The van der Waals surface area contributed by atoms with E-state index >= 15 is 0 Å². The Balaban J connectivity index is 1.50. The minimum absolute atomic E-state index is 0.0659. The molecule has 0 unspecified atom stereocenters. The first kappa shape index (κ1) is 35.4. The number of ether oxygens (including phenoxy) is 1. The van der Waals surface area contributed by atoms with Crippen LogP contribution in [-0.4, -0.2) is 51.8 Å². The normalized spacial score (nSPS) is 18.3. The largest absolute Gasteiger partial charge is 0.475 e. The van der Waals surface area contributed by atoms with Crippen LogP contribution in [0.3, 0.4) is 0 Å². The minimum atomic E-state index is -4.19. The molecule has 4 bridgehead atoms. The van der Waals surface area contributed by atoms with E-state index in [0.29, 0.717) is 29.4 Å². The maximum atomic E-state index is 14.4. The number of carbonyl (C=O) groups is 1. The zero-order valence-electron chi connectivity index (χ0n) is 30.0. The number of hydrogen-bond acceptors (Lipinski definition) is 8. The second-order valence-electron chi connectivity index (χ2n) is 15.1. The van der Waals surface area contributed by atoms with Crippen molar-refractivity contribution < 1.29 is 17.9 Å². The number of anilines is 1. The van der Waals surface area contributed by atoms with E-state index < -0.39 is 16.1 Å². The van der Waals surface area contributed by atoms with E-state index in [1.165, 1.54) is 49.8 Å². The van der Waals surface area contributed by atoms with Gasteiger partial charge in [-0.1, -0.05) is 77.1 Å². The molecule has 50 heavy (non-hydrogen) atoms. The van der Waals surface area contributed by atoms with Gasteiger partial charge in [-0.05, 0) is 80.3 Å². The quantitative estimate of drug-likeness (QED) is 0.218. The van der Waals surface area contributed by atoms with Gasteiger partial charge in [-0.2, -0.15) is 4.98 Å². The van der Waals surface area contributed by atoms with Gasteiger partial charge in [-0.3, -0.25) is 4.79 Å². The van der Waals surface area contributed by atoms with Crippen molar-refractivity contribution in [2.75, 3.05) is 11.3 Å². The van der Waals surface area contributed by atoms with E-state index in [-0.39, 0.29) is 46.8 Å². The first-order valence-corrected chi connectivity index (χ1v) is 19.1. The van der Waals surface area contributed by atoms with Crippen molar-refractivity contribution in [1.29, 1.82) is 0 Å². The van der Waals surface area contributed by atoms with Crippen molar-refractivity contribution in [3.63, 3.8) is 0 Å². The first-order chi connectivity index (χ1) is 23.8. The van der Waals surface area contributed by atoms with E-state index in [2.05, 4.69) is 65.6 Å². The van der Waals surface area contributed by atoms with Gasteiger partial charge in [0.25, 0.3) is 15.9 Å². The van der Waals surface area contributed by atoms with E-state index in [9.17, 15) is 13.2 Å². The van der Waals surface area contributed by atoms with Gasteiger partial charge in [0.1, 0.15) is 12.4 Å². The Kier molecular flexibility index (Phi) is 10.3. The lowest BCUT2D eigenvalue weighted by molar-refractivity contribution is 0.0504. The second-order valence-corrected chi connectivity index (χ2v) is 16.7. The van der Waals surface area contributed by atoms with Gasteiger partial charge in [0.2, 0.25) is 11.8 Å². The fourth-order valence-electron chi connectivity index (χ4n) is 7.24. The number of nitrogens with zero attached hydrogens (tertiary/aromatic N) is 5. The monoisotopic (exact) mass is 696 g/mol. The molecule has 1 atom stereocenters. The van der Waals surface area contributed by atoms with Crippen LogP contribution in [0.1, 0.15) is 97.9 Å². The molecule has 11 heteroatoms. The van der Waals surface area contributed by atoms with E-state index in [1.807, 2.05) is 19.9 Å². The molecule has 3 heterocycles. The summed E-state index contributed by atoms with van der Waals surface area (Å²) < 4.78 is 37.0. The topological polar surface area (TPSA) is 127 Å². The van der Waals surface area contributed by atoms with Crippen LogP contribution in [0.4, 0.5) is 5.95 Å². The highest BCUT2D eigenvalue weighted by atomic mass is 32.2. The lowest BCUT2D eigenvalue weighted by Gasteiger charge is -2.35. The van der Waals surface area contributed by atoms with E-state index in [1.54, 1.807) is 23.2 Å². The molecule has 10 nitrogen and oxygen atoms in total. The number of fused-ring (bicyclic) bond motifs is 4. The highest BCUT2D eigenvalue weighted by molar-refractivity contribution is 7.92. The molecule has 1 aliphatic heterocycles. The van der Waals surface area contributed by atoms with Crippen molar-refractivity contribution in [3.8, 4) is 17.1 Å². The van der Waals surface area contributed by atoms with E-state index in [0.717, 1.165) is 23.2 Å². The van der Waals surface area contributed by atoms with Crippen molar-refractivity contribution in [2.24, 2.45) is 11.3 Å². The van der Waals surface area contributed by atoms with Crippen molar-refractivity contribution in [1.82, 2.24) is 24.8 Å². The predicted octanol–water partition coefficient (Wildman–Crippen LogP) is 7.62. The van der Waals surface area contributed by atoms with Crippen LogP contribution < -0.4 is 9.46 Å². The second kappa shape index (κ2) is 14.5. The maximum absolute atomic E-state index is 14.4. The zero-order valence-corrected chi connectivity index (χ0v) is 30.8. The molecular formula is C39H48N6O4S. The molecule has 2 aromatic carbocycles. The summed E-state index contributed by atoms with van der Waals surface area (Å²) >= 11 is 0. The third kappa shape index (κ3) is 8.15. The molecule has 264 valence electrons. The highest BCUT2D eigenvalue weighted by Crippen LogP contribution is 2.37. The van der Waals surface area contributed by atoms with Gasteiger partial charge in [0, 0.05) is 28.6 Å². The number of benzene rings is 2. The molecule has 1 aliphatic carbocycles. The smallest absolute Gasteiger partial charge is 0.264 e. The molecule has 0 spiro atoms. The molecule has 2 aliphatic rings. The van der Waals surface area contributed by atoms with E-state index in [4.69, 9.17) is 9.72 Å². The Morgan fingerprint density at radius 1 is 0.960 bits per heavy atom. The molecule has 2 aromatic heterocycles. The fraction of sp³-hybridized carbons (Fsp3) is 0.462. The third-order valence-corrected chi connectivity index (χ3v) is 11.0. The summed E-state index contributed by atoms with van der Waals surface area (Å²) in [6.45, 7) is 12.5. The third-order valence-electron chi connectivity index (χ3n) is 9.67. The average molecular weight is 697 g/mol. The van der Waals surface area contributed by atoms with Crippen LogP contribution in [0.15, 0.2) is 59.6 Å². The molecule has 1 amide bonds. The van der Waals surface area contributed by atoms with Crippen LogP contribution >= 0.6 is 0 Å². The van der Waals surface area contributed by atoms with Gasteiger partial charge in [-0.15, -0.1) is 0 Å². The van der Waals surface area contributed by atoms with Crippen LogP contribution in [0, 0.1) is 32.1 Å². The van der Waals surface area contributed by atoms with Crippen LogP contribution in [0.5, 0.6) is 5.88 Å². The Bertz CT molecular complexity index is 1990.